The Bertz CT molecular complexity index is 1180. The molecular weight excluding hydrogens is 611 g/mol. The van der Waals surface area contributed by atoms with Gasteiger partial charge in [-0.05, 0) is 79.1 Å². The van der Waals surface area contributed by atoms with Crippen LogP contribution in [0.5, 0.6) is 0 Å². The van der Waals surface area contributed by atoms with Gasteiger partial charge in [0.05, 0.1) is 11.3 Å². The number of carbonyl (C=O) groups excluding carboxylic acids is 1. The van der Waals surface area contributed by atoms with Crippen molar-refractivity contribution in [3.63, 3.8) is 0 Å². The number of nitrogens with zero attached hydrogens (tertiary/aromatic N) is 1. The average molecular weight is 645 g/mol. The number of benzene rings is 2. The van der Waals surface area contributed by atoms with E-state index in [4.69, 9.17) is 4.98 Å². The van der Waals surface area contributed by atoms with E-state index in [9.17, 15) is 9.90 Å². The first-order chi connectivity index (χ1) is 16.7. The van der Waals surface area contributed by atoms with Crippen LogP contribution in [0.1, 0.15) is 82.1 Å². The first-order valence-corrected chi connectivity index (χ1v) is 13.0. The van der Waals surface area contributed by atoms with Gasteiger partial charge in [-0.25, -0.2) is 0 Å². The Morgan fingerprint density at radius 3 is 2.34 bits per heavy atom. The average Bonchev–Trinajstić information content (AvgIpc) is 2.90. The van der Waals surface area contributed by atoms with Crippen molar-refractivity contribution < 1.29 is 30.0 Å². The second kappa shape index (κ2) is 12.1. The van der Waals surface area contributed by atoms with Gasteiger partial charge < -0.3 is 5.11 Å². The molecule has 2 aromatic carbocycles. The van der Waals surface area contributed by atoms with E-state index in [2.05, 4.69) is 42.5 Å². The van der Waals surface area contributed by atoms with Crippen LogP contribution in [0.15, 0.2) is 65.9 Å². The molecule has 185 valence electrons. The van der Waals surface area contributed by atoms with E-state index in [1.165, 1.54) is 43.1 Å². The molecule has 35 heavy (non-hydrogen) atoms. The summed E-state index contributed by atoms with van der Waals surface area (Å²) in [6.07, 6.45) is 12.5. The third-order valence-corrected chi connectivity index (χ3v) is 7.72. The maximum absolute atomic E-state index is 11.4. The van der Waals surface area contributed by atoms with Crippen LogP contribution in [0, 0.1) is 12.0 Å². The number of hydrogen-bond donors (Lipinski definition) is 1. The van der Waals surface area contributed by atoms with Gasteiger partial charge in [0.25, 0.3) is 0 Å². The molecule has 3 aromatic rings. The van der Waals surface area contributed by atoms with Gasteiger partial charge in [-0.1, -0.05) is 37.5 Å². The number of rotatable bonds is 2. The van der Waals surface area contributed by atoms with E-state index in [1.807, 2.05) is 18.2 Å². The van der Waals surface area contributed by atoms with Crippen LogP contribution in [0.2, 0.25) is 0 Å². The van der Waals surface area contributed by atoms with Crippen molar-refractivity contribution in [2.45, 2.75) is 76.5 Å². The topological polar surface area (TPSA) is 50.2 Å². The van der Waals surface area contributed by atoms with Gasteiger partial charge in [0, 0.05) is 38.5 Å². The minimum absolute atomic E-state index is 0. The molecule has 1 radical (unpaired) electrons. The van der Waals surface area contributed by atoms with Gasteiger partial charge >= 0.3 is 0 Å². The molecule has 3 aliphatic carbocycles. The van der Waals surface area contributed by atoms with E-state index in [1.54, 1.807) is 0 Å². The Morgan fingerprint density at radius 1 is 0.829 bits per heavy atom. The quantitative estimate of drug-likeness (QED) is 0.287. The molecule has 2 fully saturated rings. The molecule has 1 atom stereocenters. The van der Waals surface area contributed by atoms with Crippen molar-refractivity contribution in [1.29, 1.82) is 0 Å². The maximum atomic E-state index is 11.4. The first-order valence-electron chi connectivity index (χ1n) is 13.0. The number of aromatic nitrogens is 1. The predicted molar refractivity (Wildman–Crippen MR) is 138 cm³/mol. The third-order valence-electron chi connectivity index (χ3n) is 7.72. The maximum Gasteiger partial charge on any atom is 0.162 e. The molecule has 2 saturated carbocycles. The minimum Gasteiger partial charge on any atom is -0.512 e. The van der Waals surface area contributed by atoms with Gasteiger partial charge in [0.15, 0.2) is 5.78 Å². The molecule has 0 saturated heterocycles. The second-order valence-electron chi connectivity index (χ2n) is 10.0. The van der Waals surface area contributed by atoms with Crippen LogP contribution >= 0.6 is 0 Å². The number of fused-ring (bicyclic) bond motifs is 2. The van der Waals surface area contributed by atoms with Crippen molar-refractivity contribution in [2.24, 2.45) is 5.92 Å². The largest absolute Gasteiger partial charge is 0.512 e. The van der Waals surface area contributed by atoms with Gasteiger partial charge in [-0.3, -0.25) is 9.78 Å². The van der Waals surface area contributed by atoms with Crippen molar-refractivity contribution in [2.75, 3.05) is 0 Å². The number of allylic oxidation sites excluding steroid dienone is 2. The number of hydrogen-bond acceptors (Lipinski definition) is 3. The fourth-order valence-corrected chi connectivity index (χ4v) is 5.89. The van der Waals surface area contributed by atoms with Crippen molar-refractivity contribution in [1.82, 2.24) is 4.98 Å². The Labute approximate surface area is 222 Å². The summed E-state index contributed by atoms with van der Waals surface area (Å²) < 4.78 is 0. The second-order valence-corrected chi connectivity index (χ2v) is 10.0. The van der Waals surface area contributed by atoms with Gasteiger partial charge in [0.1, 0.15) is 0 Å². The summed E-state index contributed by atoms with van der Waals surface area (Å²) in [5.41, 5.74) is 5.40. The van der Waals surface area contributed by atoms with E-state index < -0.39 is 0 Å². The number of ketones is 1. The molecule has 4 heteroatoms. The Hall–Kier alpha value is -2.29. The molecule has 1 heterocycles. The first kappa shape index (κ1) is 25.8. The monoisotopic (exact) mass is 645 g/mol. The van der Waals surface area contributed by atoms with E-state index in [0.29, 0.717) is 18.1 Å². The number of Topliss-reactive ketones (excluding diaryl/α,β-unsaturated/α-hetero) is 1. The summed E-state index contributed by atoms with van der Waals surface area (Å²) in [6, 6.07) is 22.4. The molecule has 1 N–H and O–H groups in total. The van der Waals surface area contributed by atoms with Crippen LogP contribution in [-0.2, 0) is 24.9 Å². The van der Waals surface area contributed by atoms with Crippen LogP contribution in [-0.4, -0.2) is 15.9 Å². The normalized spacial score (nSPS) is 20.5. The fourth-order valence-electron chi connectivity index (χ4n) is 5.89. The number of aliphatic hydroxyl groups excluding tert-OH is 1. The van der Waals surface area contributed by atoms with Crippen LogP contribution in [0.3, 0.4) is 0 Å². The summed E-state index contributed by atoms with van der Waals surface area (Å²) in [6.45, 7) is 0. The van der Waals surface area contributed by atoms with Crippen molar-refractivity contribution in [3.05, 3.63) is 77.6 Å². The van der Waals surface area contributed by atoms with Gasteiger partial charge in [0.2, 0.25) is 0 Å². The molecule has 0 aliphatic heterocycles. The van der Waals surface area contributed by atoms with E-state index >= 15 is 0 Å². The molecule has 0 spiro atoms. The molecule has 3 nitrogen and oxygen atoms in total. The smallest absolute Gasteiger partial charge is 0.162 e. The zero-order valence-corrected chi connectivity index (χ0v) is 22.7. The third kappa shape index (κ3) is 6.10. The molecule has 3 aliphatic rings. The van der Waals surface area contributed by atoms with E-state index in [0.717, 1.165) is 60.4 Å². The summed E-state index contributed by atoms with van der Waals surface area (Å²) in [5, 5.41) is 10.8. The van der Waals surface area contributed by atoms with Gasteiger partial charge in [-0.2, -0.15) is 0 Å². The van der Waals surface area contributed by atoms with Gasteiger partial charge in [-0.15, -0.1) is 35.9 Å². The molecule has 1 unspecified atom stereocenters. The van der Waals surface area contributed by atoms with Crippen LogP contribution in [0.25, 0.3) is 22.2 Å². The Balaban J connectivity index is 0.000000189. The fraction of sp³-hybridized carbons (Fsp3) is 0.419. The molecular formula is C31H34IrNO2-. The van der Waals surface area contributed by atoms with E-state index in [-0.39, 0.29) is 25.9 Å². The van der Waals surface area contributed by atoms with Crippen LogP contribution in [0.4, 0.5) is 0 Å². The molecule has 0 bridgehead atoms. The SMILES string of the molecule is O=C1CCCC2CCCC(O)=C12.[Ir].[c-]1ccccc1-c1ccc2cc(C3CCCCC3)ccc2n1. The number of pyridine rings is 1. The minimum atomic E-state index is 0. The zero-order valence-electron chi connectivity index (χ0n) is 20.3. The standard InChI is InChI=1S/C21H20N.C10H14O2.Ir/c1-3-7-16(8-4-1)18-11-13-21-19(15-18)12-14-20(22-21)17-9-5-2-6-10-17;11-8-5-1-3-7-4-2-6-9(12)10(7)8;/h2,5-6,9,11-16H,1,3-4,7-8H2;7,11H,1-6H2;/q-1;;. The summed E-state index contributed by atoms with van der Waals surface area (Å²) in [5.74, 6) is 1.72. The molecule has 6 rings (SSSR count). The molecule has 1 aromatic heterocycles. The van der Waals surface area contributed by atoms with Crippen molar-refractivity contribution in [3.8, 4) is 11.3 Å². The summed E-state index contributed by atoms with van der Waals surface area (Å²) in [4.78, 5) is 16.2. The molecule has 0 amide bonds. The predicted octanol–water partition coefficient (Wildman–Crippen LogP) is 8.10. The zero-order chi connectivity index (χ0) is 23.3. The number of carbonyl (C=O) groups is 1. The Kier molecular flexibility index (Phi) is 8.92. The van der Waals surface area contributed by atoms with Crippen molar-refractivity contribution >= 4 is 16.7 Å². The summed E-state index contributed by atoms with van der Waals surface area (Å²) >= 11 is 0. The summed E-state index contributed by atoms with van der Waals surface area (Å²) in [7, 11) is 0. The van der Waals surface area contributed by atoms with Crippen LogP contribution < -0.4 is 0 Å². The number of aliphatic hydroxyl groups is 1. The Morgan fingerprint density at radius 2 is 1.60 bits per heavy atom.